The van der Waals surface area contributed by atoms with Gasteiger partial charge in [0, 0.05) is 27.2 Å². The molecular formula is C14H24N2O3S. The van der Waals surface area contributed by atoms with Gasteiger partial charge in [-0.05, 0) is 30.7 Å². The first kappa shape index (κ1) is 17.1. The van der Waals surface area contributed by atoms with Gasteiger partial charge in [0.1, 0.15) is 0 Å². The molecule has 1 aromatic rings. The van der Waals surface area contributed by atoms with E-state index in [4.69, 9.17) is 5.11 Å². The quantitative estimate of drug-likeness (QED) is 0.782. The molecule has 0 unspecified atom stereocenters. The Kier molecular flexibility index (Phi) is 6.61. The molecule has 114 valence electrons. The lowest BCUT2D eigenvalue weighted by Gasteiger charge is -2.21. The summed E-state index contributed by atoms with van der Waals surface area (Å²) in [7, 11) is -0.344. The molecule has 0 aliphatic heterocycles. The lowest BCUT2D eigenvalue weighted by Crippen LogP contribution is -2.27. The maximum Gasteiger partial charge on any atom is 0.242 e. The molecule has 5 nitrogen and oxygen atoms in total. The standard InChI is InChI=1S/C14H24N2O3S/c1-4-8-16(9-10-17)12-13-6-5-7-14(11-13)20(18,19)15(2)3/h5-7,11,17H,4,8-10,12H2,1-3H3. The van der Waals surface area contributed by atoms with Crippen LogP contribution in [0.1, 0.15) is 18.9 Å². The van der Waals surface area contributed by atoms with Crippen LogP contribution in [0, 0.1) is 0 Å². The average molecular weight is 300 g/mol. The third-order valence-corrected chi connectivity index (χ3v) is 4.85. The Balaban J connectivity index is 2.93. The highest BCUT2D eigenvalue weighted by molar-refractivity contribution is 7.89. The van der Waals surface area contributed by atoms with Crippen molar-refractivity contribution < 1.29 is 13.5 Å². The van der Waals surface area contributed by atoms with Gasteiger partial charge in [-0.25, -0.2) is 12.7 Å². The third-order valence-electron chi connectivity index (χ3n) is 3.04. The summed E-state index contributed by atoms with van der Waals surface area (Å²) in [6.07, 6.45) is 0.996. The van der Waals surface area contributed by atoms with E-state index in [-0.39, 0.29) is 6.61 Å². The Morgan fingerprint density at radius 3 is 2.45 bits per heavy atom. The van der Waals surface area contributed by atoms with Crippen molar-refractivity contribution >= 4 is 10.0 Å². The van der Waals surface area contributed by atoms with E-state index in [9.17, 15) is 8.42 Å². The molecule has 0 fully saturated rings. The molecule has 0 spiro atoms. The second-order valence-electron chi connectivity index (χ2n) is 4.93. The minimum absolute atomic E-state index is 0.107. The van der Waals surface area contributed by atoms with Gasteiger partial charge in [0.2, 0.25) is 10.0 Å². The van der Waals surface area contributed by atoms with Gasteiger partial charge >= 0.3 is 0 Å². The molecule has 1 aromatic carbocycles. The molecule has 1 rings (SSSR count). The largest absolute Gasteiger partial charge is 0.395 e. The molecule has 0 aromatic heterocycles. The van der Waals surface area contributed by atoms with Crippen LogP contribution in [0.2, 0.25) is 0 Å². The molecule has 0 saturated heterocycles. The average Bonchev–Trinajstić information content (AvgIpc) is 2.39. The lowest BCUT2D eigenvalue weighted by atomic mass is 10.2. The number of sulfonamides is 1. The zero-order chi connectivity index (χ0) is 15.2. The van der Waals surface area contributed by atoms with Crippen LogP contribution >= 0.6 is 0 Å². The van der Waals surface area contributed by atoms with Crippen LogP contribution in [-0.2, 0) is 16.6 Å². The van der Waals surface area contributed by atoms with Gasteiger partial charge in [-0.2, -0.15) is 0 Å². The Bertz CT molecular complexity index is 509. The van der Waals surface area contributed by atoms with Crippen molar-refractivity contribution in [3.8, 4) is 0 Å². The maximum atomic E-state index is 12.1. The van der Waals surface area contributed by atoms with Crippen molar-refractivity contribution in [2.45, 2.75) is 24.8 Å². The molecule has 0 heterocycles. The van der Waals surface area contributed by atoms with Gasteiger partial charge in [-0.15, -0.1) is 0 Å². The van der Waals surface area contributed by atoms with E-state index < -0.39 is 10.0 Å². The fourth-order valence-electron chi connectivity index (χ4n) is 2.00. The highest BCUT2D eigenvalue weighted by Gasteiger charge is 2.17. The molecule has 0 aliphatic rings. The molecule has 6 heteroatoms. The predicted octanol–water partition coefficient (Wildman–Crippen LogP) is 1.14. The van der Waals surface area contributed by atoms with Gasteiger partial charge in [-0.3, -0.25) is 4.90 Å². The summed E-state index contributed by atoms with van der Waals surface area (Å²) in [6.45, 7) is 4.31. The van der Waals surface area contributed by atoms with Crippen LogP contribution in [0.3, 0.4) is 0 Å². The first-order valence-electron chi connectivity index (χ1n) is 6.76. The van der Waals surface area contributed by atoms with Crippen molar-refractivity contribution in [3.63, 3.8) is 0 Å². The zero-order valence-corrected chi connectivity index (χ0v) is 13.2. The van der Waals surface area contributed by atoms with Gasteiger partial charge in [-0.1, -0.05) is 19.1 Å². The van der Waals surface area contributed by atoms with Crippen molar-refractivity contribution in [1.82, 2.24) is 9.21 Å². The summed E-state index contributed by atoms with van der Waals surface area (Å²) in [6, 6.07) is 6.98. The second-order valence-corrected chi connectivity index (χ2v) is 7.09. The monoisotopic (exact) mass is 300 g/mol. The summed E-state index contributed by atoms with van der Waals surface area (Å²) >= 11 is 0. The summed E-state index contributed by atoms with van der Waals surface area (Å²) in [5.74, 6) is 0. The van der Waals surface area contributed by atoms with Gasteiger partial charge in [0.25, 0.3) is 0 Å². The maximum absolute atomic E-state index is 12.1. The number of nitrogens with zero attached hydrogens (tertiary/aromatic N) is 2. The zero-order valence-electron chi connectivity index (χ0n) is 12.4. The van der Waals surface area contributed by atoms with Crippen LogP contribution in [0.15, 0.2) is 29.2 Å². The summed E-state index contributed by atoms with van der Waals surface area (Å²) < 4.78 is 25.4. The van der Waals surface area contributed by atoms with E-state index in [1.54, 1.807) is 18.2 Å². The highest BCUT2D eigenvalue weighted by atomic mass is 32.2. The minimum Gasteiger partial charge on any atom is -0.395 e. The summed E-state index contributed by atoms with van der Waals surface area (Å²) in [5, 5.41) is 9.05. The fraction of sp³-hybridized carbons (Fsp3) is 0.571. The minimum atomic E-state index is -3.39. The predicted molar refractivity (Wildman–Crippen MR) is 80.0 cm³/mol. The molecule has 1 N–H and O–H groups in total. The Hall–Kier alpha value is -0.950. The van der Waals surface area contributed by atoms with Crippen LogP contribution < -0.4 is 0 Å². The highest BCUT2D eigenvalue weighted by Crippen LogP contribution is 2.16. The number of aliphatic hydroxyl groups excluding tert-OH is 1. The lowest BCUT2D eigenvalue weighted by molar-refractivity contribution is 0.190. The summed E-state index contributed by atoms with van der Waals surface area (Å²) in [4.78, 5) is 2.42. The van der Waals surface area contributed by atoms with Crippen LogP contribution in [-0.4, -0.2) is 56.5 Å². The van der Waals surface area contributed by atoms with Gasteiger partial charge in [0.15, 0.2) is 0 Å². The number of hydrogen-bond acceptors (Lipinski definition) is 4. The van der Waals surface area contributed by atoms with Crippen molar-refractivity contribution in [3.05, 3.63) is 29.8 Å². The SMILES string of the molecule is CCCN(CCO)Cc1cccc(S(=O)(=O)N(C)C)c1. The van der Waals surface area contributed by atoms with E-state index in [1.807, 2.05) is 6.07 Å². The molecule has 20 heavy (non-hydrogen) atoms. The molecule has 0 aliphatic carbocycles. The Morgan fingerprint density at radius 1 is 1.20 bits per heavy atom. The van der Waals surface area contributed by atoms with Crippen LogP contribution in [0.5, 0.6) is 0 Å². The molecule has 0 saturated carbocycles. The Labute approximate surface area is 121 Å². The molecule has 0 amide bonds. The van der Waals surface area contributed by atoms with E-state index >= 15 is 0 Å². The first-order valence-corrected chi connectivity index (χ1v) is 8.20. The number of rotatable bonds is 8. The van der Waals surface area contributed by atoms with Crippen molar-refractivity contribution in [2.24, 2.45) is 0 Å². The number of benzene rings is 1. The number of aliphatic hydroxyl groups is 1. The van der Waals surface area contributed by atoms with Crippen molar-refractivity contribution in [2.75, 3.05) is 33.8 Å². The first-order chi connectivity index (χ1) is 9.41. The fourth-order valence-corrected chi connectivity index (χ4v) is 2.97. The molecule has 0 bridgehead atoms. The normalized spacial score (nSPS) is 12.3. The van der Waals surface area contributed by atoms with E-state index in [0.717, 1.165) is 18.5 Å². The third kappa shape index (κ3) is 4.56. The van der Waals surface area contributed by atoms with E-state index in [0.29, 0.717) is 18.0 Å². The summed E-state index contributed by atoms with van der Waals surface area (Å²) in [5.41, 5.74) is 0.940. The van der Waals surface area contributed by atoms with E-state index in [2.05, 4.69) is 11.8 Å². The van der Waals surface area contributed by atoms with Gasteiger partial charge in [0.05, 0.1) is 11.5 Å². The molecular weight excluding hydrogens is 276 g/mol. The second kappa shape index (κ2) is 7.73. The topological polar surface area (TPSA) is 60.9 Å². The van der Waals surface area contributed by atoms with Crippen LogP contribution in [0.25, 0.3) is 0 Å². The van der Waals surface area contributed by atoms with Gasteiger partial charge < -0.3 is 5.11 Å². The van der Waals surface area contributed by atoms with Crippen LogP contribution in [0.4, 0.5) is 0 Å². The smallest absolute Gasteiger partial charge is 0.242 e. The number of hydrogen-bond donors (Lipinski definition) is 1. The van der Waals surface area contributed by atoms with E-state index in [1.165, 1.54) is 18.4 Å². The van der Waals surface area contributed by atoms with Crippen molar-refractivity contribution in [1.29, 1.82) is 0 Å². The molecule has 0 radical (unpaired) electrons. The molecule has 0 atom stereocenters. The Morgan fingerprint density at radius 2 is 1.90 bits per heavy atom.